The second-order valence-corrected chi connectivity index (χ2v) is 3.06. The highest BCUT2D eigenvalue weighted by atomic mass is 15.3. The molecule has 9 heavy (non-hydrogen) atoms. The van der Waals surface area contributed by atoms with Crippen molar-refractivity contribution in [3.8, 4) is 0 Å². The molecule has 1 fully saturated rings. The van der Waals surface area contributed by atoms with Gasteiger partial charge in [-0.25, -0.2) is 0 Å². The molecule has 0 aliphatic carbocycles. The van der Waals surface area contributed by atoms with E-state index in [4.69, 9.17) is 0 Å². The molecule has 2 nitrogen and oxygen atoms in total. The van der Waals surface area contributed by atoms with Crippen molar-refractivity contribution in [3.05, 3.63) is 0 Å². The van der Waals surface area contributed by atoms with Crippen LogP contribution in [0.25, 0.3) is 0 Å². The first-order valence-electron chi connectivity index (χ1n) is 3.60. The summed E-state index contributed by atoms with van der Waals surface area (Å²) in [7, 11) is 4.21. The fourth-order valence-corrected chi connectivity index (χ4v) is 1.55. The molecule has 0 saturated carbocycles. The Morgan fingerprint density at radius 2 is 2.22 bits per heavy atom. The van der Waals surface area contributed by atoms with Crippen LogP contribution in [0.5, 0.6) is 0 Å². The van der Waals surface area contributed by atoms with Gasteiger partial charge in [0.05, 0.1) is 0 Å². The number of nitrogens with one attached hydrogen (secondary N) is 1. The number of likely N-dealkylation sites (tertiary alicyclic amines) is 1. The Hall–Kier alpha value is -0.0800. The van der Waals surface area contributed by atoms with E-state index in [0.29, 0.717) is 5.54 Å². The molecule has 1 saturated heterocycles. The number of nitrogens with zero attached hydrogens (tertiary/aromatic N) is 1. The van der Waals surface area contributed by atoms with E-state index < -0.39 is 0 Å². The average Bonchev–Trinajstić information content (AvgIpc) is 1.81. The molecule has 0 aromatic rings. The lowest BCUT2D eigenvalue weighted by molar-refractivity contribution is 0.0690. The summed E-state index contributed by atoms with van der Waals surface area (Å²) >= 11 is 0. The van der Waals surface area contributed by atoms with Crippen LogP contribution in [0, 0.1) is 0 Å². The minimum Gasteiger partial charge on any atom is -0.312 e. The predicted molar refractivity (Wildman–Crippen MR) is 41.7 cm³/mol. The molecule has 1 N–H and O–H groups in total. The van der Waals surface area contributed by atoms with Crippen LogP contribution in [0.3, 0.4) is 0 Å². The van der Waals surface area contributed by atoms with Crippen LogP contribution in [0.4, 0.5) is 0 Å². The highest BCUT2D eigenvalue weighted by Crippen LogP contribution is 2.21. The van der Waals surface area contributed by atoms with Gasteiger partial charge in [-0.05, 0) is 20.5 Å². The third kappa shape index (κ3) is 1.10. The lowest BCUT2D eigenvalue weighted by Gasteiger charge is -2.48. The Kier molecular flexibility index (Phi) is 1.78. The number of hydrogen-bond donors (Lipinski definition) is 1. The van der Waals surface area contributed by atoms with Crippen molar-refractivity contribution in [2.45, 2.75) is 18.9 Å². The van der Waals surface area contributed by atoms with Crippen LogP contribution in [0.15, 0.2) is 0 Å². The molecule has 0 bridgehead atoms. The van der Waals surface area contributed by atoms with Gasteiger partial charge in [-0.15, -0.1) is 0 Å². The summed E-state index contributed by atoms with van der Waals surface area (Å²) in [5, 5.41) is 3.35. The average molecular weight is 130 g/mol. The molecule has 0 aromatic heterocycles. The summed E-state index contributed by atoms with van der Waals surface area (Å²) in [5.41, 5.74) is 0.453. The van der Waals surface area contributed by atoms with Crippen molar-refractivity contribution in [3.63, 3.8) is 0 Å². The molecule has 0 spiro atoms. The highest BCUT2D eigenvalue weighted by molar-refractivity contribution is 4.99. The first kappa shape index (κ1) is 7.03. The van der Waals surface area contributed by atoms with Crippen molar-refractivity contribution >= 4 is 0 Å². The maximum Gasteiger partial charge on any atom is 0.0432 e. The first-order valence-corrected chi connectivity index (χ1v) is 3.60. The van der Waals surface area contributed by atoms with Gasteiger partial charge in [-0.3, -0.25) is 0 Å². The van der Waals surface area contributed by atoms with E-state index in [-0.39, 0.29) is 1.43 Å². The van der Waals surface area contributed by atoms with Gasteiger partial charge >= 0.3 is 0 Å². The molecule has 0 amide bonds. The molecular formula is C7H18N2. The molecule has 0 aromatic carbocycles. The van der Waals surface area contributed by atoms with E-state index in [2.05, 4.69) is 31.2 Å². The van der Waals surface area contributed by atoms with Gasteiger partial charge < -0.3 is 10.2 Å². The van der Waals surface area contributed by atoms with Crippen molar-refractivity contribution in [2.75, 3.05) is 27.2 Å². The van der Waals surface area contributed by atoms with E-state index >= 15 is 0 Å². The minimum absolute atomic E-state index is 0. The van der Waals surface area contributed by atoms with Gasteiger partial charge in [0.15, 0.2) is 0 Å². The van der Waals surface area contributed by atoms with Crippen LogP contribution >= 0.6 is 0 Å². The number of hydrogen-bond acceptors (Lipinski definition) is 2. The van der Waals surface area contributed by atoms with E-state index in [0.717, 1.165) is 0 Å². The zero-order valence-corrected chi connectivity index (χ0v) is 6.57. The molecule has 1 rings (SSSR count). The lowest BCUT2D eigenvalue weighted by Crippen LogP contribution is -2.66. The molecule has 1 aliphatic rings. The lowest BCUT2D eigenvalue weighted by atomic mass is 9.88. The standard InChI is InChI=1S/C7H16N2.H2/c1-4-7(8-2)5-9(3)6-7;/h8H,4-6H2,1-3H3;1H. The van der Waals surface area contributed by atoms with Crippen LogP contribution in [0.2, 0.25) is 0 Å². The summed E-state index contributed by atoms with van der Waals surface area (Å²) in [6.45, 7) is 4.66. The molecular weight excluding hydrogens is 112 g/mol. The molecule has 0 unspecified atom stereocenters. The largest absolute Gasteiger partial charge is 0.312 e. The first-order chi connectivity index (χ1) is 4.22. The number of likely N-dealkylation sites (N-methyl/N-ethyl adjacent to an activating group) is 2. The topological polar surface area (TPSA) is 15.3 Å². The Morgan fingerprint density at radius 3 is 2.33 bits per heavy atom. The zero-order valence-electron chi connectivity index (χ0n) is 6.57. The van der Waals surface area contributed by atoms with Gasteiger partial charge in [-0.1, -0.05) is 6.92 Å². The summed E-state index contributed by atoms with van der Waals surface area (Å²) in [6.07, 6.45) is 1.24. The van der Waals surface area contributed by atoms with E-state index in [1.807, 2.05) is 0 Å². The molecule has 1 aliphatic heterocycles. The van der Waals surface area contributed by atoms with Crippen molar-refractivity contribution in [1.29, 1.82) is 0 Å². The fraction of sp³-hybridized carbons (Fsp3) is 1.00. The van der Waals surface area contributed by atoms with Crippen LogP contribution < -0.4 is 5.32 Å². The summed E-state index contributed by atoms with van der Waals surface area (Å²) in [6, 6.07) is 0. The Bertz CT molecular complexity index is 93.8. The Labute approximate surface area is 58.7 Å². The zero-order chi connectivity index (χ0) is 6.91. The molecule has 0 atom stereocenters. The smallest absolute Gasteiger partial charge is 0.0432 e. The van der Waals surface area contributed by atoms with Crippen molar-refractivity contribution in [2.24, 2.45) is 0 Å². The normalized spacial score (nSPS) is 25.7. The maximum absolute atomic E-state index is 3.35. The predicted octanol–water partition coefficient (Wildman–Crippen LogP) is 0.546. The number of rotatable bonds is 2. The second-order valence-electron chi connectivity index (χ2n) is 3.06. The fourth-order valence-electron chi connectivity index (χ4n) is 1.55. The van der Waals surface area contributed by atoms with E-state index in [1.165, 1.54) is 19.5 Å². The third-order valence-electron chi connectivity index (χ3n) is 2.35. The minimum atomic E-state index is 0. The highest BCUT2D eigenvalue weighted by Gasteiger charge is 2.37. The van der Waals surface area contributed by atoms with Gasteiger partial charge in [0.1, 0.15) is 0 Å². The van der Waals surface area contributed by atoms with E-state index in [1.54, 1.807) is 0 Å². The summed E-state index contributed by atoms with van der Waals surface area (Å²) < 4.78 is 0. The monoisotopic (exact) mass is 130 g/mol. The molecule has 0 radical (unpaired) electrons. The molecule has 2 heteroatoms. The van der Waals surface area contributed by atoms with Gasteiger partial charge in [0, 0.05) is 20.1 Å². The second kappa shape index (κ2) is 2.27. The summed E-state index contributed by atoms with van der Waals surface area (Å²) in [4.78, 5) is 2.33. The van der Waals surface area contributed by atoms with Gasteiger partial charge in [-0.2, -0.15) is 0 Å². The summed E-state index contributed by atoms with van der Waals surface area (Å²) in [5.74, 6) is 0. The van der Waals surface area contributed by atoms with Crippen molar-refractivity contribution < 1.29 is 1.43 Å². The van der Waals surface area contributed by atoms with Gasteiger partial charge in [0.2, 0.25) is 0 Å². The van der Waals surface area contributed by atoms with Crippen LogP contribution in [-0.2, 0) is 0 Å². The quantitative estimate of drug-likeness (QED) is 0.587. The van der Waals surface area contributed by atoms with Crippen LogP contribution in [0.1, 0.15) is 14.8 Å². The third-order valence-corrected chi connectivity index (χ3v) is 2.35. The van der Waals surface area contributed by atoms with Crippen molar-refractivity contribution in [1.82, 2.24) is 10.2 Å². The maximum atomic E-state index is 3.35. The Morgan fingerprint density at radius 1 is 1.67 bits per heavy atom. The van der Waals surface area contributed by atoms with Crippen LogP contribution in [-0.4, -0.2) is 37.6 Å². The molecule has 1 heterocycles. The SMILES string of the molecule is CCC1(NC)CN(C)C1.[HH]. The molecule has 56 valence electrons. The van der Waals surface area contributed by atoms with Gasteiger partial charge in [0.25, 0.3) is 0 Å². The van der Waals surface area contributed by atoms with E-state index in [9.17, 15) is 0 Å². The Balaban J connectivity index is 0.000000810.